The predicted octanol–water partition coefficient (Wildman–Crippen LogP) is 2.47. The first-order valence-electron chi connectivity index (χ1n) is 7.27. The van der Waals surface area contributed by atoms with Gasteiger partial charge < -0.3 is 5.73 Å². The van der Waals surface area contributed by atoms with Crippen molar-refractivity contribution >= 4 is 5.69 Å². The highest BCUT2D eigenvalue weighted by Crippen LogP contribution is 2.35. The quantitative estimate of drug-likeness (QED) is 0.889. The van der Waals surface area contributed by atoms with Gasteiger partial charge >= 0.3 is 0 Å². The van der Waals surface area contributed by atoms with Crippen molar-refractivity contribution in [3.8, 4) is 0 Å². The largest absolute Gasteiger partial charge is 0.397 e. The van der Waals surface area contributed by atoms with E-state index in [9.17, 15) is 0 Å². The molecule has 3 nitrogen and oxygen atoms in total. The highest BCUT2D eigenvalue weighted by atomic mass is 15.2. The second-order valence-electron chi connectivity index (χ2n) is 5.77. The molecule has 0 aromatic carbocycles. The van der Waals surface area contributed by atoms with Gasteiger partial charge in [0, 0.05) is 24.7 Å². The van der Waals surface area contributed by atoms with Crippen molar-refractivity contribution in [2.75, 3.05) is 18.8 Å². The van der Waals surface area contributed by atoms with Gasteiger partial charge in [0.1, 0.15) is 0 Å². The summed E-state index contributed by atoms with van der Waals surface area (Å²) in [4.78, 5) is 7.09. The van der Waals surface area contributed by atoms with Crippen molar-refractivity contribution in [2.45, 2.75) is 44.6 Å². The van der Waals surface area contributed by atoms with Gasteiger partial charge in [0.2, 0.25) is 0 Å². The first kappa shape index (κ1) is 12.0. The number of likely N-dealkylation sites (tertiary alicyclic amines) is 1. The summed E-state index contributed by atoms with van der Waals surface area (Å²) in [6, 6.07) is 4.88. The van der Waals surface area contributed by atoms with Crippen molar-refractivity contribution < 1.29 is 0 Å². The number of nitrogens with two attached hydrogens (primary N) is 1. The van der Waals surface area contributed by atoms with E-state index in [2.05, 4.69) is 16.0 Å². The molecule has 98 valence electrons. The van der Waals surface area contributed by atoms with Crippen LogP contribution >= 0.6 is 0 Å². The lowest BCUT2D eigenvalue weighted by molar-refractivity contribution is 0.184. The summed E-state index contributed by atoms with van der Waals surface area (Å²) in [6.07, 6.45) is 10.00. The first-order chi connectivity index (χ1) is 8.83. The third kappa shape index (κ3) is 2.51. The minimum atomic E-state index is 0.757. The molecule has 1 aliphatic heterocycles. The van der Waals surface area contributed by atoms with E-state index in [1.165, 1.54) is 44.3 Å². The molecule has 0 bridgehead atoms. The fourth-order valence-corrected chi connectivity index (χ4v) is 3.62. The second-order valence-corrected chi connectivity index (χ2v) is 5.77. The molecule has 2 fully saturated rings. The van der Waals surface area contributed by atoms with E-state index in [0.717, 1.165) is 30.6 Å². The smallest absolute Gasteiger partial charge is 0.0501 e. The monoisotopic (exact) mass is 245 g/mol. The third-order valence-corrected chi connectivity index (χ3v) is 4.63. The molecular weight excluding hydrogens is 222 g/mol. The molecule has 1 saturated carbocycles. The molecule has 18 heavy (non-hydrogen) atoms. The number of nitrogens with zero attached hydrogens (tertiary/aromatic N) is 2. The third-order valence-electron chi connectivity index (χ3n) is 4.63. The van der Waals surface area contributed by atoms with Crippen molar-refractivity contribution in [2.24, 2.45) is 5.92 Å². The number of rotatable bonds is 3. The zero-order chi connectivity index (χ0) is 12.4. The Labute approximate surface area is 109 Å². The second kappa shape index (κ2) is 5.27. The number of hydrogen-bond acceptors (Lipinski definition) is 3. The Balaban J connectivity index is 1.55. The Morgan fingerprint density at radius 3 is 2.94 bits per heavy atom. The van der Waals surface area contributed by atoms with E-state index in [1.54, 1.807) is 6.20 Å². The molecule has 0 spiro atoms. The highest BCUT2D eigenvalue weighted by Gasteiger charge is 2.34. The Morgan fingerprint density at radius 2 is 2.11 bits per heavy atom. The normalized spacial score (nSPS) is 28.2. The number of anilines is 1. The molecule has 2 heterocycles. The summed E-state index contributed by atoms with van der Waals surface area (Å²) in [5.41, 5.74) is 7.59. The summed E-state index contributed by atoms with van der Waals surface area (Å²) in [6.45, 7) is 2.46. The van der Waals surface area contributed by atoms with Gasteiger partial charge in [-0.05, 0) is 43.9 Å². The minimum absolute atomic E-state index is 0.757. The van der Waals surface area contributed by atoms with Crippen LogP contribution < -0.4 is 5.73 Å². The summed E-state index contributed by atoms with van der Waals surface area (Å²) in [7, 11) is 0. The molecule has 3 heteroatoms. The number of hydrogen-bond donors (Lipinski definition) is 1. The lowest BCUT2D eigenvalue weighted by atomic mass is 9.85. The van der Waals surface area contributed by atoms with Gasteiger partial charge in [-0.3, -0.25) is 9.88 Å². The van der Waals surface area contributed by atoms with Gasteiger partial charge in [-0.2, -0.15) is 0 Å². The Morgan fingerprint density at radius 1 is 1.22 bits per heavy atom. The molecule has 1 aromatic heterocycles. The maximum Gasteiger partial charge on any atom is 0.0501 e. The summed E-state index contributed by atoms with van der Waals surface area (Å²) in [5, 5.41) is 0. The molecular formula is C15H23N3. The number of aromatic nitrogens is 1. The lowest BCUT2D eigenvalue weighted by Gasteiger charge is -2.31. The molecule has 0 radical (unpaired) electrons. The van der Waals surface area contributed by atoms with E-state index >= 15 is 0 Å². The first-order valence-corrected chi connectivity index (χ1v) is 7.27. The molecule has 1 aliphatic carbocycles. The van der Waals surface area contributed by atoms with Gasteiger partial charge in [-0.15, -0.1) is 0 Å². The maximum absolute atomic E-state index is 5.66. The maximum atomic E-state index is 5.66. The number of nitrogen functional groups attached to an aromatic ring is 1. The van der Waals surface area contributed by atoms with Crippen LogP contribution in [0.1, 0.15) is 37.8 Å². The van der Waals surface area contributed by atoms with Gasteiger partial charge in [-0.25, -0.2) is 0 Å². The van der Waals surface area contributed by atoms with Crippen LogP contribution in [0.5, 0.6) is 0 Å². The Hall–Kier alpha value is -1.09. The molecule has 1 saturated heterocycles. The van der Waals surface area contributed by atoms with Crippen molar-refractivity contribution in [3.63, 3.8) is 0 Å². The van der Waals surface area contributed by atoms with Crippen molar-refractivity contribution in [3.05, 3.63) is 24.0 Å². The Kier molecular flexibility index (Phi) is 3.50. The topological polar surface area (TPSA) is 42.1 Å². The number of fused-ring (bicyclic) bond motifs is 1. The van der Waals surface area contributed by atoms with Gasteiger partial charge in [0.15, 0.2) is 0 Å². The highest BCUT2D eigenvalue weighted by molar-refractivity contribution is 5.34. The van der Waals surface area contributed by atoms with Crippen LogP contribution in [0, 0.1) is 5.92 Å². The lowest BCUT2D eigenvalue weighted by Crippen LogP contribution is -2.36. The van der Waals surface area contributed by atoms with Gasteiger partial charge in [0.25, 0.3) is 0 Å². The SMILES string of the molecule is Nc1ccc(CCN2CCC3CCCCC32)nc1. The molecule has 1 aromatic rings. The fourth-order valence-electron chi connectivity index (χ4n) is 3.62. The van der Waals surface area contributed by atoms with E-state index < -0.39 is 0 Å². The van der Waals surface area contributed by atoms with Crippen LogP contribution in [0.3, 0.4) is 0 Å². The van der Waals surface area contributed by atoms with Crippen LogP contribution in [-0.4, -0.2) is 29.0 Å². The van der Waals surface area contributed by atoms with Crippen LogP contribution in [-0.2, 0) is 6.42 Å². The average Bonchev–Trinajstić information content (AvgIpc) is 2.82. The molecule has 3 rings (SSSR count). The molecule has 2 atom stereocenters. The molecule has 0 amide bonds. The zero-order valence-corrected chi connectivity index (χ0v) is 11.0. The molecule has 2 aliphatic rings. The molecule has 2 unspecified atom stereocenters. The summed E-state index contributed by atoms with van der Waals surface area (Å²) < 4.78 is 0. The van der Waals surface area contributed by atoms with E-state index in [1.807, 2.05) is 6.07 Å². The van der Waals surface area contributed by atoms with Crippen LogP contribution in [0.4, 0.5) is 5.69 Å². The Bertz CT molecular complexity index is 387. The standard InChI is InChI=1S/C15H23N3/c16-13-5-6-14(17-11-13)8-10-18-9-7-12-3-1-2-4-15(12)18/h5-6,11-12,15H,1-4,7-10,16H2. The van der Waals surface area contributed by atoms with Crippen molar-refractivity contribution in [1.29, 1.82) is 0 Å². The summed E-state index contributed by atoms with van der Waals surface area (Å²) >= 11 is 0. The van der Waals surface area contributed by atoms with Crippen LogP contribution in [0.25, 0.3) is 0 Å². The van der Waals surface area contributed by atoms with Crippen LogP contribution in [0.2, 0.25) is 0 Å². The minimum Gasteiger partial charge on any atom is -0.397 e. The summed E-state index contributed by atoms with van der Waals surface area (Å²) in [5.74, 6) is 0.984. The zero-order valence-electron chi connectivity index (χ0n) is 11.0. The molecule has 2 N–H and O–H groups in total. The van der Waals surface area contributed by atoms with E-state index in [4.69, 9.17) is 5.73 Å². The fraction of sp³-hybridized carbons (Fsp3) is 0.667. The van der Waals surface area contributed by atoms with E-state index in [0.29, 0.717) is 0 Å². The van der Waals surface area contributed by atoms with Gasteiger partial charge in [-0.1, -0.05) is 12.8 Å². The average molecular weight is 245 g/mol. The van der Waals surface area contributed by atoms with E-state index in [-0.39, 0.29) is 0 Å². The number of pyridine rings is 1. The van der Waals surface area contributed by atoms with Crippen molar-refractivity contribution in [1.82, 2.24) is 9.88 Å². The van der Waals surface area contributed by atoms with Crippen LogP contribution in [0.15, 0.2) is 18.3 Å². The van der Waals surface area contributed by atoms with Gasteiger partial charge in [0.05, 0.1) is 11.9 Å². The predicted molar refractivity (Wildman–Crippen MR) is 74.3 cm³/mol.